The maximum atomic E-state index is 12.3. The molecular formula is C16H11Cl2N3O5. The van der Waals surface area contributed by atoms with Crippen LogP contribution in [0.25, 0.3) is 0 Å². The standard InChI is InChI=1S/C16H11Cl2N3O5/c17-9-3-10(18)5-11(4-9)19-15(22)7-20-8-16(23)26-14-6-12(21(24)25)1-2-13(14)20/h1-6H,7-8H2,(H,19,22). The molecule has 0 aliphatic carbocycles. The third kappa shape index (κ3) is 4.04. The molecule has 26 heavy (non-hydrogen) atoms. The average Bonchev–Trinajstić information content (AvgIpc) is 2.52. The summed E-state index contributed by atoms with van der Waals surface area (Å²) >= 11 is 11.8. The van der Waals surface area contributed by atoms with E-state index in [1.54, 1.807) is 0 Å². The van der Waals surface area contributed by atoms with Crippen molar-refractivity contribution >= 4 is 52.1 Å². The van der Waals surface area contributed by atoms with Crippen molar-refractivity contribution in [3.05, 3.63) is 56.6 Å². The van der Waals surface area contributed by atoms with Crippen LogP contribution in [0.5, 0.6) is 5.75 Å². The second-order valence-electron chi connectivity index (χ2n) is 5.45. The number of carbonyl (C=O) groups is 2. The summed E-state index contributed by atoms with van der Waals surface area (Å²) in [5, 5.41) is 14.2. The van der Waals surface area contributed by atoms with Gasteiger partial charge in [0.2, 0.25) is 5.91 Å². The predicted molar refractivity (Wildman–Crippen MR) is 96.0 cm³/mol. The monoisotopic (exact) mass is 395 g/mol. The van der Waals surface area contributed by atoms with Crippen molar-refractivity contribution in [2.75, 3.05) is 23.3 Å². The highest BCUT2D eigenvalue weighted by Crippen LogP contribution is 2.35. The molecule has 10 heteroatoms. The molecule has 1 aliphatic rings. The number of hydrogen-bond donors (Lipinski definition) is 1. The fraction of sp³-hybridized carbons (Fsp3) is 0.125. The SMILES string of the molecule is O=C(CN1CC(=O)Oc2cc([N+](=O)[O-])ccc21)Nc1cc(Cl)cc(Cl)c1. The van der Waals surface area contributed by atoms with Crippen molar-refractivity contribution in [3.8, 4) is 5.75 Å². The van der Waals surface area contributed by atoms with Crippen LogP contribution in [0, 0.1) is 10.1 Å². The molecule has 0 radical (unpaired) electrons. The first-order valence-corrected chi connectivity index (χ1v) is 8.07. The van der Waals surface area contributed by atoms with E-state index in [9.17, 15) is 19.7 Å². The molecule has 0 fully saturated rings. The van der Waals surface area contributed by atoms with Gasteiger partial charge in [0.15, 0.2) is 5.75 Å². The minimum absolute atomic E-state index is 0.0362. The van der Waals surface area contributed by atoms with Gasteiger partial charge in [0, 0.05) is 21.8 Å². The minimum atomic E-state index is -0.614. The van der Waals surface area contributed by atoms with Gasteiger partial charge in [0.25, 0.3) is 5.69 Å². The van der Waals surface area contributed by atoms with E-state index in [1.807, 2.05) is 0 Å². The van der Waals surface area contributed by atoms with Crippen molar-refractivity contribution in [3.63, 3.8) is 0 Å². The van der Waals surface area contributed by atoms with Gasteiger partial charge < -0.3 is 15.0 Å². The van der Waals surface area contributed by atoms with E-state index in [4.69, 9.17) is 27.9 Å². The molecule has 1 aliphatic heterocycles. The molecule has 1 heterocycles. The van der Waals surface area contributed by atoms with Gasteiger partial charge in [-0.05, 0) is 24.3 Å². The van der Waals surface area contributed by atoms with Crippen LogP contribution < -0.4 is 15.0 Å². The second kappa shape index (κ2) is 7.19. The summed E-state index contributed by atoms with van der Waals surface area (Å²) in [7, 11) is 0. The van der Waals surface area contributed by atoms with Gasteiger partial charge in [-0.25, -0.2) is 4.79 Å². The van der Waals surface area contributed by atoms with Gasteiger partial charge in [-0.1, -0.05) is 23.2 Å². The summed E-state index contributed by atoms with van der Waals surface area (Å²) in [4.78, 5) is 35.8. The third-order valence-electron chi connectivity index (χ3n) is 3.52. The fourth-order valence-electron chi connectivity index (χ4n) is 2.50. The number of nitro benzene ring substituents is 1. The predicted octanol–water partition coefficient (Wildman–Crippen LogP) is 3.27. The highest BCUT2D eigenvalue weighted by atomic mass is 35.5. The van der Waals surface area contributed by atoms with Crippen LogP contribution in [0.3, 0.4) is 0 Å². The first-order valence-electron chi connectivity index (χ1n) is 7.32. The van der Waals surface area contributed by atoms with Crippen LogP contribution >= 0.6 is 23.2 Å². The molecular weight excluding hydrogens is 385 g/mol. The van der Waals surface area contributed by atoms with Crippen molar-refractivity contribution < 1.29 is 19.2 Å². The Hall–Kier alpha value is -2.84. The molecule has 0 aromatic heterocycles. The van der Waals surface area contributed by atoms with E-state index in [0.717, 1.165) is 6.07 Å². The lowest BCUT2D eigenvalue weighted by atomic mass is 10.2. The largest absolute Gasteiger partial charge is 0.423 e. The Bertz CT molecular complexity index is 899. The number of nitrogens with one attached hydrogen (secondary N) is 1. The summed E-state index contributed by atoms with van der Waals surface area (Å²) in [5.41, 5.74) is 0.613. The van der Waals surface area contributed by atoms with E-state index in [-0.39, 0.29) is 24.5 Å². The van der Waals surface area contributed by atoms with Gasteiger partial charge in [-0.3, -0.25) is 14.9 Å². The molecule has 0 spiro atoms. The van der Waals surface area contributed by atoms with Crippen LogP contribution in [0.1, 0.15) is 0 Å². The molecule has 0 unspecified atom stereocenters. The smallest absolute Gasteiger partial charge is 0.331 e. The first-order chi connectivity index (χ1) is 12.3. The van der Waals surface area contributed by atoms with Crippen LogP contribution in [0.4, 0.5) is 17.1 Å². The molecule has 1 N–H and O–H groups in total. The zero-order valence-corrected chi connectivity index (χ0v) is 14.6. The molecule has 134 valence electrons. The molecule has 1 amide bonds. The van der Waals surface area contributed by atoms with Gasteiger partial charge in [0.1, 0.15) is 6.54 Å². The molecule has 2 aromatic carbocycles. The Kier molecular flexibility index (Phi) is 4.97. The molecule has 0 bridgehead atoms. The summed E-state index contributed by atoms with van der Waals surface area (Å²) in [6, 6.07) is 8.46. The second-order valence-corrected chi connectivity index (χ2v) is 6.32. The number of non-ortho nitro benzene ring substituents is 1. The number of nitrogens with zero attached hydrogens (tertiary/aromatic N) is 2. The Morgan fingerprint density at radius 1 is 1.23 bits per heavy atom. The van der Waals surface area contributed by atoms with Crippen molar-refractivity contribution in [1.82, 2.24) is 0 Å². The van der Waals surface area contributed by atoms with Gasteiger partial charge in [0.05, 0.1) is 23.2 Å². The Morgan fingerprint density at radius 3 is 2.58 bits per heavy atom. The number of benzene rings is 2. The highest BCUT2D eigenvalue weighted by molar-refractivity contribution is 6.35. The number of anilines is 2. The lowest BCUT2D eigenvalue weighted by molar-refractivity contribution is -0.384. The average molecular weight is 396 g/mol. The quantitative estimate of drug-likeness (QED) is 0.368. The van der Waals surface area contributed by atoms with Crippen LogP contribution in [0.15, 0.2) is 36.4 Å². The third-order valence-corrected chi connectivity index (χ3v) is 3.96. The lowest BCUT2D eigenvalue weighted by Crippen LogP contribution is -2.41. The van der Waals surface area contributed by atoms with E-state index in [2.05, 4.69) is 5.32 Å². The molecule has 0 saturated carbocycles. The first kappa shape index (κ1) is 18.0. The number of amides is 1. The van der Waals surface area contributed by atoms with Crippen LogP contribution in [-0.4, -0.2) is 29.9 Å². The maximum absolute atomic E-state index is 12.3. The number of halogens is 2. The lowest BCUT2D eigenvalue weighted by Gasteiger charge is -2.28. The molecule has 0 atom stereocenters. The number of esters is 1. The number of carbonyl (C=O) groups excluding carboxylic acids is 2. The van der Waals surface area contributed by atoms with Gasteiger partial charge in [-0.15, -0.1) is 0 Å². The Labute approximate surface area is 157 Å². The zero-order chi connectivity index (χ0) is 18.8. The fourth-order valence-corrected chi connectivity index (χ4v) is 3.02. The van der Waals surface area contributed by atoms with Gasteiger partial charge >= 0.3 is 5.97 Å². The van der Waals surface area contributed by atoms with E-state index in [1.165, 1.54) is 35.2 Å². The topological polar surface area (TPSA) is 102 Å². The van der Waals surface area contributed by atoms with Crippen molar-refractivity contribution in [2.45, 2.75) is 0 Å². The normalized spacial score (nSPS) is 13.0. The summed E-state index contributed by atoms with van der Waals surface area (Å²) in [6.07, 6.45) is 0. The maximum Gasteiger partial charge on any atom is 0.331 e. The molecule has 2 aromatic rings. The highest BCUT2D eigenvalue weighted by Gasteiger charge is 2.27. The Morgan fingerprint density at radius 2 is 1.92 bits per heavy atom. The Balaban J connectivity index is 1.78. The van der Waals surface area contributed by atoms with Gasteiger partial charge in [-0.2, -0.15) is 0 Å². The van der Waals surface area contributed by atoms with Crippen LogP contribution in [0.2, 0.25) is 10.0 Å². The number of nitro groups is 1. The summed E-state index contributed by atoms with van der Waals surface area (Å²) < 4.78 is 5.03. The molecule has 3 rings (SSSR count). The summed E-state index contributed by atoms with van der Waals surface area (Å²) in [6.45, 7) is -0.321. The van der Waals surface area contributed by atoms with Crippen molar-refractivity contribution in [2.24, 2.45) is 0 Å². The number of ether oxygens (including phenoxy) is 1. The number of hydrogen-bond acceptors (Lipinski definition) is 6. The number of fused-ring (bicyclic) bond motifs is 1. The van der Waals surface area contributed by atoms with E-state index >= 15 is 0 Å². The molecule has 8 nitrogen and oxygen atoms in total. The zero-order valence-electron chi connectivity index (χ0n) is 13.1. The van der Waals surface area contributed by atoms with Crippen LogP contribution in [-0.2, 0) is 9.59 Å². The van der Waals surface area contributed by atoms with E-state index in [0.29, 0.717) is 21.4 Å². The minimum Gasteiger partial charge on any atom is -0.423 e. The molecule has 0 saturated heterocycles. The summed E-state index contributed by atoms with van der Waals surface area (Å²) in [5.74, 6) is -0.993. The van der Waals surface area contributed by atoms with Crippen molar-refractivity contribution in [1.29, 1.82) is 0 Å². The van der Waals surface area contributed by atoms with E-state index < -0.39 is 16.8 Å². The number of rotatable bonds is 4.